The Kier molecular flexibility index (Phi) is 4.51. The van der Waals surface area contributed by atoms with Crippen LogP contribution in [0, 0.1) is 13.8 Å². The van der Waals surface area contributed by atoms with Crippen molar-refractivity contribution in [3.8, 4) is 17.2 Å². The van der Waals surface area contributed by atoms with Crippen molar-refractivity contribution in [1.29, 1.82) is 0 Å². The van der Waals surface area contributed by atoms with Gasteiger partial charge in [0.1, 0.15) is 17.1 Å². The molecule has 0 saturated heterocycles. The van der Waals surface area contributed by atoms with Crippen LogP contribution in [0.3, 0.4) is 0 Å². The molecule has 0 spiro atoms. The average Bonchev–Trinajstić information content (AvgIpc) is 3.22. The van der Waals surface area contributed by atoms with Crippen molar-refractivity contribution in [2.24, 2.45) is 0 Å². The van der Waals surface area contributed by atoms with Crippen LogP contribution in [0.15, 0.2) is 33.2 Å². The standard InChI is InChI=1S/C17H17N3O5/c1-9-14(10(2)25-20-9)17(21)23-11(3)15-18-19-16(24-15)12-5-7-13(22-4)8-6-12/h5-8,11H,1-4H3. The number of hydrogen-bond donors (Lipinski definition) is 0. The maximum Gasteiger partial charge on any atom is 0.344 e. The summed E-state index contributed by atoms with van der Waals surface area (Å²) < 4.78 is 21.1. The number of rotatable bonds is 5. The first kappa shape index (κ1) is 16.7. The van der Waals surface area contributed by atoms with Gasteiger partial charge in [-0.2, -0.15) is 0 Å². The molecule has 1 atom stereocenters. The van der Waals surface area contributed by atoms with Crippen molar-refractivity contribution in [2.45, 2.75) is 26.9 Å². The van der Waals surface area contributed by atoms with E-state index in [0.29, 0.717) is 22.9 Å². The number of carbonyl (C=O) groups is 1. The van der Waals surface area contributed by atoms with Crippen LogP contribution in [0.4, 0.5) is 0 Å². The Bertz CT molecular complexity index is 863. The lowest BCUT2D eigenvalue weighted by Gasteiger charge is -2.08. The molecule has 0 bridgehead atoms. The van der Waals surface area contributed by atoms with E-state index >= 15 is 0 Å². The van der Waals surface area contributed by atoms with Crippen LogP contribution >= 0.6 is 0 Å². The molecule has 0 saturated carbocycles. The Hall–Kier alpha value is -3.16. The summed E-state index contributed by atoms with van der Waals surface area (Å²) in [6.45, 7) is 4.98. The molecule has 8 heteroatoms. The Morgan fingerprint density at radius 3 is 2.48 bits per heavy atom. The summed E-state index contributed by atoms with van der Waals surface area (Å²) in [5, 5.41) is 11.7. The second kappa shape index (κ2) is 6.76. The van der Waals surface area contributed by atoms with Gasteiger partial charge in [0.15, 0.2) is 6.10 Å². The molecule has 0 radical (unpaired) electrons. The normalized spacial score (nSPS) is 12.0. The lowest BCUT2D eigenvalue weighted by Crippen LogP contribution is -2.11. The van der Waals surface area contributed by atoms with E-state index in [-0.39, 0.29) is 5.89 Å². The highest BCUT2D eigenvalue weighted by atomic mass is 16.6. The molecule has 3 rings (SSSR count). The first-order valence-electron chi connectivity index (χ1n) is 7.61. The maximum atomic E-state index is 12.3. The van der Waals surface area contributed by atoms with Gasteiger partial charge in [0.2, 0.25) is 5.89 Å². The van der Waals surface area contributed by atoms with Crippen LogP contribution in [0.5, 0.6) is 5.75 Å². The molecule has 2 aromatic heterocycles. The van der Waals surface area contributed by atoms with Gasteiger partial charge in [0.25, 0.3) is 5.89 Å². The fraction of sp³-hybridized carbons (Fsp3) is 0.294. The highest BCUT2D eigenvalue weighted by Gasteiger charge is 2.24. The van der Waals surface area contributed by atoms with Crippen molar-refractivity contribution in [3.63, 3.8) is 0 Å². The lowest BCUT2D eigenvalue weighted by molar-refractivity contribution is 0.0277. The summed E-state index contributed by atoms with van der Waals surface area (Å²) in [7, 11) is 1.59. The molecular weight excluding hydrogens is 326 g/mol. The third kappa shape index (κ3) is 3.37. The van der Waals surface area contributed by atoms with Crippen molar-refractivity contribution < 1.29 is 23.2 Å². The highest BCUT2D eigenvalue weighted by Crippen LogP contribution is 2.25. The number of esters is 1. The molecule has 3 aromatic rings. The Labute approximate surface area is 143 Å². The molecule has 1 aromatic carbocycles. The molecular formula is C17H17N3O5. The number of ether oxygens (including phenoxy) is 2. The van der Waals surface area contributed by atoms with E-state index in [2.05, 4.69) is 15.4 Å². The fourth-order valence-electron chi connectivity index (χ4n) is 2.29. The van der Waals surface area contributed by atoms with Gasteiger partial charge in [-0.05, 0) is 45.0 Å². The van der Waals surface area contributed by atoms with Gasteiger partial charge < -0.3 is 18.4 Å². The molecule has 0 fully saturated rings. The number of aromatic nitrogens is 3. The van der Waals surface area contributed by atoms with E-state index in [9.17, 15) is 4.79 Å². The second-order valence-electron chi connectivity index (χ2n) is 5.42. The summed E-state index contributed by atoms with van der Waals surface area (Å²) in [5.74, 6) is 1.11. The smallest absolute Gasteiger partial charge is 0.344 e. The summed E-state index contributed by atoms with van der Waals surface area (Å²) in [5.41, 5.74) is 1.52. The van der Waals surface area contributed by atoms with Crippen molar-refractivity contribution in [3.05, 3.63) is 47.2 Å². The predicted octanol–water partition coefficient (Wildman–Crippen LogP) is 3.27. The van der Waals surface area contributed by atoms with Gasteiger partial charge >= 0.3 is 5.97 Å². The number of hydrogen-bond acceptors (Lipinski definition) is 8. The van der Waals surface area contributed by atoms with Crippen molar-refractivity contribution >= 4 is 5.97 Å². The first-order valence-corrected chi connectivity index (χ1v) is 7.61. The Morgan fingerprint density at radius 1 is 1.16 bits per heavy atom. The fourth-order valence-corrected chi connectivity index (χ4v) is 2.29. The minimum atomic E-state index is -0.708. The van der Waals surface area contributed by atoms with Crippen LogP contribution in [-0.2, 0) is 4.74 Å². The lowest BCUT2D eigenvalue weighted by atomic mass is 10.2. The second-order valence-corrected chi connectivity index (χ2v) is 5.42. The van der Waals surface area contributed by atoms with Gasteiger partial charge in [-0.3, -0.25) is 0 Å². The van der Waals surface area contributed by atoms with E-state index in [1.165, 1.54) is 0 Å². The maximum absolute atomic E-state index is 12.3. The average molecular weight is 343 g/mol. The van der Waals surface area contributed by atoms with Crippen LogP contribution in [-0.4, -0.2) is 28.4 Å². The highest BCUT2D eigenvalue weighted by molar-refractivity contribution is 5.91. The van der Waals surface area contributed by atoms with Gasteiger partial charge in [-0.1, -0.05) is 5.16 Å². The largest absolute Gasteiger partial charge is 0.497 e. The Balaban J connectivity index is 1.74. The van der Waals surface area contributed by atoms with Crippen molar-refractivity contribution in [2.75, 3.05) is 7.11 Å². The van der Waals surface area contributed by atoms with Crippen molar-refractivity contribution in [1.82, 2.24) is 15.4 Å². The molecule has 8 nitrogen and oxygen atoms in total. The number of methoxy groups -OCH3 is 1. The third-order valence-electron chi connectivity index (χ3n) is 3.65. The van der Waals surface area contributed by atoms with Gasteiger partial charge in [-0.25, -0.2) is 4.79 Å². The SMILES string of the molecule is COc1ccc(-c2nnc(C(C)OC(=O)c3c(C)noc3C)o2)cc1. The monoisotopic (exact) mass is 343 g/mol. The van der Waals surface area contributed by atoms with E-state index in [1.54, 1.807) is 52.1 Å². The Morgan fingerprint density at radius 2 is 1.88 bits per heavy atom. The zero-order valence-corrected chi connectivity index (χ0v) is 14.3. The van der Waals surface area contributed by atoms with Gasteiger partial charge in [-0.15, -0.1) is 10.2 Å². The van der Waals surface area contributed by atoms with E-state index in [0.717, 1.165) is 11.3 Å². The topological polar surface area (TPSA) is 100 Å². The molecule has 0 aliphatic heterocycles. The summed E-state index contributed by atoms with van der Waals surface area (Å²) in [6, 6.07) is 7.19. The molecule has 0 aliphatic rings. The summed E-state index contributed by atoms with van der Waals surface area (Å²) in [6.07, 6.45) is -0.708. The molecule has 130 valence electrons. The molecule has 0 N–H and O–H groups in total. The molecule has 0 aliphatic carbocycles. The minimum absolute atomic E-state index is 0.200. The number of aryl methyl sites for hydroxylation is 2. The van der Waals surface area contributed by atoms with Gasteiger partial charge in [0.05, 0.1) is 12.8 Å². The first-order chi connectivity index (χ1) is 12.0. The quantitative estimate of drug-likeness (QED) is 0.651. The van der Waals surface area contributed by atoms with E-state index < -0.39 is 12.1 Å². The predicted molar refractivity (Wildman–Crippen MR) is 86.1 cm³/mol. The van der Waals surface area contributed by atoms with Crippen LogP contribution in [0.25, 0.3) is 11.5 Å². The van der Waals surface area contributed by atoms with E-state index in [4.69, 9.17) is 18.4 Å². The zero-order valence-electron chi connectivity index (χ0n) is 14.3. The van der Waals surface area contributed by atoms with Gasteiger partial charge in [0, 0.05) is 5.56 Å². The number of nitrogens with zero attached hydrogens (tertiary/aromatic N) is 3. The number of carbonyl (C=O) groups excluding carboxylic acids is 1. The van der Waals surface area contributed by atoms with Crippen LogP contribution < -0.4 is 4.74 Å². The minimum Gasteiger partial charge on any atom is -0.497 e. The van der Waals surface area contributed by atoms with E-state index in [1.807, 2.05) is 0 Å². The summed E-state index contributed by atoms with van der Waals surface area (Å²) in [4.78, 5) is 12.3. The molecule has 1 unspecified atom stereocenters. The third-order valence-corrected chi connectivity index (χ3v) is 3.65. The number of benzene rings is 1. The zero-order chi connectivity index (χ0) is 18.0. The summed E-state index contributed by atoms with van der Waals surface area (Å²) >= 11 is 0. The molecule has 25 heavy (non-hydrogen) atoms. The molecule has 2 heterocycles. The van der Waals surface area contributed by atoms with Crippen LogP contribution in [0.2, 0.25) is 0 Å². The molecule has 0 amide bonds. The van der Waals surface area contributed by atoms with Crippen LogP contribution in [0.1, 0.15) is 40.7 Å².